The Kier molecular flexibility index (Phi) is 7.57. The SMILES string of the molecule is CCCC(C(=O)NC(CO)c1ccccc1)c1ccc(Cc2c3ccccc3n3c(C)cc(C)nc23)cc1. The first kappa shape index (κ1) is 25.7. The van der Waals surface area contributed by atoms with Crippen LogP contribution in [-0.4, -0.2) is 27.0 Å². The summed E-state index contributed by atoms with van der Waals surface area (Å²) >= 11 is 0. The second kappa shape index (κ2) is 11.2. The van der Waals surface area contributed by atoms with Crippen molar-refractivity contribution in [3.63, 3.8) is 0 Å². The van der Waals surface area contributed by atoms with Crippen LogP contribution in [0.25, 0.3) is 16.6 Å². The van der Waals surface area contributed by atoms with E-state index in [0.29, 0.717) is 0 Å². The van der Waals surface area contributed by atoms with Crippen LogP contribution in [0.5, 0.6) is 0 Å². The minimum absolute atomic E-state index is 0.0536. The van der Waals surface area contributed by atoms with Gasteiger partial charge in [0.1, 0.15) is 5.65 Å². The van der Waals surface area contributed by atoms with E-state index in [2.05, 4.69) is 78.2 Å². The molecular formula is C33H35N3O2. The van der Waals surface area contributed by atoms with Crippen molar-refractivity contribution in [2.45, 2.75) is 52.0 Å². The Balaban J connectivity index is 1.42. The average Bonchev–Trinajstić information content (AvgIpc) is 3.24. The number of amides is 1. The summed E-state index contributed by atoms with van der Waals surface area (Å²) in [4.78, 5) is 18.3. The van der Waals surface area contributed by atoms with Gasteiger partial charge in [-0.05, 0) is 49.1 Å². The third kappa shape index (κ3) is 5.07. The average molecular weight is 506 g/mol. The van der Waals surface area contributed by atoms with Gasteiger partial charge in [-0.1, -0.05) is 86.1 Å². The van der Waals surface area contributed by atoms with Crippen molar-refractivity contribution in [2.75, 3.05) is 6.61 Å². The highest BCUT2D eigenvalue weighted by Gasteiger charge is 2.23. The van der Waals surface area contributed by atoms with Crippen molar-refractivity contribution in [3.8, 4) is 0 Å². The van der Waals surface area contributed by atoms with Gasteiger partial charge in [0.15, 0.2) is 0 Å². The van der Waals surface area contributed by atoms with Crippen LogP contribution in [0.3, 0.4) is 0 Å². The molecule has 2 atom stereocenters. The maximum absolute atomic E-state index is 13.3. The van der Waals surface area contributed by atoms with E-state index in [9.17, 15) is 9.90 Å². The first-order chi connectivity index (χ1) is 18.5. The molecule has 5 aromatic rings. The number of fused-ring (bicyclic) bond motifs is 3. The van der Waals surface area contributed by atoms with Crippen LogP contribution in [0.4, 0.5) is 0 Å². The van der Waals surface area contributed by atoms with E-state index in [-0.39, 0.29) is 18.4 Å². The summed E-state index contributed by atoms with van der Waals surface area (Å²) in [7, 11) is 0. The van der Waals surface area contributed by atoms with Crippen LogP contribution in [0, 0.1) is 13.8 Å². The van der Waals surface area contributed by atoms with Crippen LogP contribution in [-0.2, 0) is 11.2 Å². The number of aryl methyl sites for hydroxylation is 2. The molecule has 194 valence electrons. The van der Waals surface area contributed by atoms with Crippen LogP contribution in [0.15, 0.2) is 84.9 Å². The highest BCUT2D eigenvalue weighted by Crippen LogP contribution is 2.30. The van der Waals surface area contributed by atoms with E-state index in [1.165, 1.54) is 27.7 Å². The van der Waals surface area contributed by atoms with Gasteiger partial charge in [0.25, 0.3) is 0 Å². The molecule has 0 aliphatic carbocycles. The molecule has 2 N–H and O–H groups in total. The monoisotopic (exact) mass is 505 g/mol. The van der Waals surface area contributed by atoms with E-state index < -0.39 is 6.04 Å². The summed E-state index contributed by atoms with van der Waals surface area (Å²) in [5.41, 5.74) is 8.67. The minimum Gasteiger partial charge on any atom is -0.394 e. The van der Waals surface area contributed by atoms with Crippen LogP contribution in [0.1, 0.15) is 65.4 Å². The molecule has 1 amide bonds. The third-order valence-electron chi connectivity index (χ3n) is 7.36. The third-order valence-corrected chi connectivity index (χ3v) is 7.36. The zero-order valence-electron chi connectivity index (χ0n) is 22.3. The fraction of sp³-hybridized carbons (Fsp3) is 0.273. The van der Waals surface area contributed by atoms with Crippen LogP contribution in [0.2, 0.25) is 0 Å². The first-order valence-electron chi connectivity index (χ1n) is 13.4. The number of aliphatic hydroxyl groups excluding tert-OH is 1. The topological polar surface area (TPSA) is 66.6 Å². The van der Waals surface area contributed by atoms with E-state index in [4.69, 9.17) is 4.98 Å². The Morgan fingerprint density at radius 3 is 2.37 bits per heavy atom. The number of nitrogens with zero attached hydrogens (tertiary/aromatic N) is 2. The summed E-state index contributed by atoms with van der Waals surface area (Å²) in [5.74, 6) is -0.322. The van der Waals surface area contributed by atoms with Crippen LogP contribution < -0.4 is 5.32 Å². The molecule has 5 heteroatoms. The van der Waals surface area contributed by atoms with E-state index in [1.54, 1.807) is 0 Å². The zero-order chi connectivity index (χ0) is 26.6. The van der Waals surface area contributed by atoms with Gasteiger partial charge >= 0.3 is 0 Å². The van der Waals surface area contributed by atoms with Gasteiger partial charge in [0.2, 0.25) is 5.91 Å². The number of carbonyl (C=O) groups excluding carboxylic acids is 1. The number of hydrogen-bond donors (Lipinski definition) is 2. The molecular weight excluding hydrogens is 470 g/mol. The number of para-hydroxylation sites is 1. The molecule has 0 saturated heterocycles. The van der Waals surface area contributed by atoms with Gasteiger partial charge in [0.05, 0.1) is 24.1 Å². The Morgan fingerprint density at radius 1 is 0.947 bits per heavy atom. The number of carbonyl (C=O) groups is 1. The number of nitrogens with one attached hydrogen (secondary N) is 1. The fourth-order valence-corrected chi connectivity index (χ4v) is 5.51. The van der Waals surface area contributed by atoms with Crippen molar-refractivity contribution in [2.24, 2.45) is 0 Å². The lowest BCUT2D eigenvalue weighted by Crippen LogP contribution is -2.34. The van der Waals surface area contributed by atoms with Gasteiger partial charge < -0.3 is 10.4 Å². The second-order valence-electron chi connectivity index (χ2n) is 10.1. The summed E-state index contributed by atoms with van der Waals surface area (Å²) in [6.07, 6.45) is 2.40. The number of hydrogen-bond acceptors (Lipinski definition) is 3. The summed E-state index contributed by atoms with van der Waals surface area (Å²) in [6.45, 7) is 6.13. The summed E-state index contributed by atoms with van der Waals surface area (Å²) in [6, 6.07) is 28.2. The molecule has 0 fully saturated rings. The fourth-order valence-electron chi connectivity index (χ4n) is 5.51. The molecule has 5 nitrogen and oxygen atoms in total. The Labute approximate surface area is 224 Å². The molecule has 5 rings (SSSR count). The quantitative estimate of drug-likeness (QED) is 0.243. The molecule has 0 aliphatic rings. The van der Waals surface area contributed by atoms with Gasteiger partial charge in [-0.15, -0.1) is 0 Å². The highest BCUT2D eigenvalue weighted by atomic mass is 16.3. The van der Waals surface area contributed by atoms with Gasteiger partial charge in [-0.25, -0.2) is 4.98 Å². The van der Waals surface area contributed by atoms with Gasteiger partial charge in [-0.3, -0.25) is 9.20 Å². The normalized spacial score (nSPS) is 13.1. The van der Waals surface area contributed by atoms with E-state index >= 15 is 0 Å². The van der Waals surface area contributed by atoms with Crippen molar-refractivity contribution in [1.82, 2.24) is 14.7 Å². The van der Waals surface area contributed by atoms with Gasteiger partial charge in [0, 0.05) is 28.8 Å². The molecule has 2 unspecified atom stereocenters. The van der Waals surface area contributed by atoms with E-state index in [1.807, 2.05) is 37.3 Å². The smallest absolute Gasteiger partial charge is 0.228 e. The Bertz CT molecular complexity index is 1550. The molecule has 0 bridgehead atoms. The lowest BCUT2D eigenvalue weighted by molar-refractivity contribution is -0.123. The Morgan fingerprint density at radius 2 is 1.66 bits per heavy atom. The molecule has 38 heavy (non-hydrogen) atoms. The lowest BCUT2D eigenvalue weighted by Gasteiger charge is -2.22. The first-order valence-corrected chi connectivity index (χ1v) is 13.4. The second-order valence-corrected chi connectivity index (χ2v) is 10.1. The molecule has 0 aliphatic heterocycles. The molecule has 0 spiro atoms. The Hall–Kier alpha value is -3.96. The predicted octanol–water partition coefficient (Wildman–Crippen LogP) is 6.43. The molecule has 0 saturated carbocycles. The number of benzene rings is 3. The minimum atomic E-state index is -0.418. The van der Waals surface area contributed by atoms with Crippen LogP contribution >= 0.6 is 0 Å². The summed E-state index contributed by atoms with van der Waals surface area (Å²) in [5, 5.41) is 14.2. The van der Waals surface area contributed by atoms with Crippen molar-refractivity contribution >= 4 is 22.5 Å². The predicted molar refractivity (Wildman–Crippen MR) is 153 cm³/mol. The van der Waals surface area contributed by atoms with Crippen molar-refractivity contribution < 1.29 is 9.90 Å². The van der Waals surface area contributed by atoms with Gasteiger partial charge in [-0.2, -0.15) is 0 Å². The number of rotatable bonds is 9. The maximum atomic E-state index is 13.3. The zero-order valence-corrected chi connectivity index (χ0v) is 22.3. The molecule has 0 radical (unpaired) electrons. The van der Waals surface area contributed by atoms with E-state index in [0.717, 1.165) is 41.7 Å². The standard InChI is InChI=1S/C33H35N3O2/c1-4-10-27(33(38)35-30(21-37)26-11-6-5-7-12-26)25-17-15-24(16-18-25)20-29-28-13-8-9-14-31(28)36-23(3)19-22(2)34-32(29)36/h5-9,11-19,27,30,37H,4,10,20-21H2,1-3H3,(H,35,38). The van der Waals surface area contributed by atoms with Crippen molar-refractivity contribution in [3.05, 3.63) is 119 Å². The molecule has 2 heterocycles. The number of aromatic nitrogens is 2. The summed E-state index contributed by atoms with van der Waals surface area (Å²) < 4.78 is 2.25. The highest BCUT2D eigenvalue weighted by molar-refractivity contribution is 5.91. The largest absolute Gasteiger partial charge is 0.394 e. The maximum Gasteiger partial charge on any atom is 0.228 e. The lowest BCUT2D eigenvalue weighted by atomic mass is 9.91. The molecule has 2 aromatic heterocycles. The van der Waals surface area contributed by atoms with Crippen molar-refractivity contribution in [1.29, 1.82) is 0 Å². The molecule has 3 aromatic carbocycles. The number of aliphatic hydroxyl groups is 1.